The number of rotatable bonds is 3. The van der Waals surface area contributed by atoms with Gasteiger partial charge in [0.2, 0.25) is 0 Å². The second-order valence-electron chi connectivity index (χ2n) is 6.64. The zero-order valence-corrected chi connectivity index (χ0v) is 11.6. The van der Waals surface area contributed by atoms with Gasteiger partial charge in [0, 0.05) is 0 Å². The number of hydrogen-bond acceptors (Lipinski definition) is 0. The number of benzene rings is 1. The van der Waals surface area contributed by atoms with Crippen LogP contribution in [0.15, 0.2) is 24.3 Å². The lowest BCUT2D eigenvalue weighted by atomic mass is 9.86. The van der Waals surface area contributed by atoms with Crippen LogP contribution in [0, 0.1) is 5.92 Å². The van der Waals surface area contributed by atoms with Crippen molar-refractivity contribution in [1.82, 2.24) is 0 Å². The molecule has 0 saturated heterocycles. The number of hydrogen-bond donors (Lipinski definition) is 0. The van der Waals surface area contributed by atoms with Crippen LogP contribution in [0.2, 0.25) is 0 Å². The summed E-state index contributed by atoms with van der Waals surface area (Å²) in [7, 11) is 0. The lowest BCUT2D eigenvalue weighted by molar-refractivity contribution is 0.503. The maximum absolute atomic E-state index is 2.33. The molecule has 0 aromatic heterocycles. The van der Waals surface area contributed by atoms with E-state index in [0.717, 1.165) is 5.92 Å². The van der Waals surface area contributed by atoms with E-state index >= 15 is 0 Å². The molecule has 2 rings (SSSR count). The molecule has 94 valence electrons. The van der Waals surface area contributed by atoms with Crippen molar-refractivity contribution in [3.63, 3.8) is 0 Å². The normalized spacial score (nSPS) is 17.6. The highest BCUT2D eigenvalue weighted by atomic mass is 14.2. The fourth-order valence-corrected chi connectivity index (χ4v) is 2.84. The predicted molar refractivity (Wildman–Crippen MR) is 75.4 cm³/mol. The molecule has 0 atom stereocenters. The molecule has 0 N–H and O–H groups in total. The third kappa shape index (κ3) is 3.59. The first-order chi connectivity index (χ1) is 8.05. The summed E-state index contributed by atoms with van der Waals surface area (Å²) in [6.07, 6.45) is 8.55. The molecule has 0 aliphatic heterocycles. The van der Waals surface area contributed by atoms with E-state index < -0.39 is 0 Å². The van der Waals surface area contributed by atoms with Crippen LogP contribution in [0.25, 0.3) is 0 Å². The van der Waals surface area contributed by atoms with Gasteiger partial charge in [0.1, 0.15) is 0 Å². The van der Waals surface area contributed by atoms with E-state index in [9.17, 15) is 0 Å². The summed E-state index contributed by atoms with van der Waals surface area (Å²) in [6, 6.07) is 9.28. The summed E-state index contributed by atoms with van der Waals surface area (Å²) >= 11 is 0. The van der Waals surface area contributed by atoms with Crippen molar-refractivity contribution in [2.24, 2.45) is 5.92 Å². The molecule has 0 radical (unpaired) electrons. The van der Waals surface area contributed by atoms with Gasteiger partial charge in [0.25, 0.3) is 0 Å². The van der Waals surface area contributed by atoms with Crippen molar-refractivity contribution < 1.29 is 0 Å². The molecular formula is C17H26. The quantitative estimate of drug-likeness (QED) is 0.677. The summed E-state index contributed by atoms with van der Waals surface area (Å²) in [6.45, 7) is 6.83. The molecule has 0 spiro atoms. The van der Waals surface area contributed by atoms with Gasteiger partial charge in [0.15, 0.2) is 0 Å². The van der Waals surface area contributed by atoms with Crippen LogP contribution in [0.1, 0.15) is 64.0 Å². The van der Waals surface area contributed by atoms with Gasteiger partial charge in [-0.05, 0) is 35.3 Å². The molecule has 1 aromatic carbocycles. The van der Waals surface area contributed by atoms with Gasteiger partial charge in [-0.25, -0.2) is 0 Å². The van der Waals surface area contributed by atoms with E-state index in [1.54, 1.807) is 0 Å². The molecule has 1 fully saturated rings. The van der Waals surface area contributed by atoms with Crippen LogP contribution in [-0.2, 0) is 11.8 Å². The van der Waals surface area contributed by atoms with Crippen molar-refractivity contribution in [3.05, 3.63) is 35.4 Å². The van der Waals surface area contributed by atoms with Crippen LogP contribution in [0.5, 0.6) is 0 Å². The third-order valence-corrected chi connectivity index (χ3v) is 4.14. The van der Waals surface area contributed by atoms with Gasteiger partial charge < -0.3 is 0 Å². The van der Waals surface area contributed by atoms with Crippen molar-refractivity contribution in [2.45, 2.75) is 64.7 Å². The Morgan fingerprint density at radius 1 is 1.00 bits per heavy atom. The van der Waals surface area contributed by atoms with E-state index in [-0.39, 0.29) is 5.41 Å². The van der Waals surface area contributed by atoms with E-state index in [2.05, 4.69) is 45.0 Å². The van der Waals surface area contributed by atoms with Gasteiger partial charge in [-0.15, -0.1) is 0 Å². The van der Waals surface area contributed by atoms with Crippen LogP contribution in [0.4, 0.5) is 0 Å². The standard InChI is InChI=1S/C17H26/c1-17(2,3)16-12-10-15(11-13-16)9-8-14-6-4-5-7-14/h10-14H,4-9H2,1-3H3. The van der Waals surface area contributed by atoms with Crippen molar-refractivity contribution in [3.8, 4) is 0 Å². The first-order valence-electron chi connectivity index (χ1n) is 7.15. The predicted octanol–water partition coefficient (Wildman–Crippen LogP) is 5.11. The Labute approximate surface area is 106 Å². The summed E-state index contributed by atoms with van der Waals surface area (Å²) in [5.74, 6) is 1.01. The zero-order valence-electron chi connectivity index (χ0n) is 11.6. The maximum Gasteiger partial charge on any atom is -0.0132 e. The molecule has 0 heterocycles. The molecule has 17 heavy (non-hydrogen) atoms. The van der Waals surface area contributed by atoms with E-state index in [1.165, 1.54) is 49.7 Å². The molecule has 1 saturated carbocycles. The Morgan fingerprint density at radius 2 is 1.59 bits per heavy atom. The van der Waals surface area contributed by atoms with Gasteiger partial charge in [-0.1, -0.05) is 70.7 Å². The summed E-state index contributed by atoms with van der Waals surface area (Å²) in [4.78, 5) is 0. The average Bonchev–Trinajstić information content (AvgIpc) is 2.78. The van der Waals surface area contributed by atoms with E-state index in [0.29, 0.717) is 0 Å². The highest BCUT2D eigenvalue weighted by molar-refractivity contribution is 5.27. The fraction of sp³-hybridized carbons (Fsp3) is 0.647. The molecule has 0 heteroatoms. The Kier molecular flexibility index (Phi) is 3.91. The fourth-order valence-electron chi connectivity index (χ4n) is 2.84. The molecule has 1 aliphatic rings. The van der Waals surface area contributed by atoms with Gasteiger partial charge >= 0.3 is 0 Å². The summed E-state index contributed by atoms with van der Waals surface area (Å²) < 4.78 is 0. The van der Waals surface area contributed by atoms with Gasteiger partial charge in [0.05, 0.1) is 0 Å². The summed E-state index contributed by atoms with van der Waals surface area (Å²) in [5.41, 5.74) is 3.25. The van der Waals surface area contributed by atoms with Crippen LogP contribution in [-0.4, -0.2) is 0 Å². The second kappa shape index (κ2) is 5.25. The van der Waals surface area contributed by atoms with Crippen molar-refractivity contribution >= 4 is 0 Å². The Balaban J connectivity index is 1.89. The molecule has 0 nitrogen and oxygen atoms in total. The SMILES string of the molecule is CC(C)(C)c1ccc(CCC2CCCC2)cc1. The van der Waals surface area contributed by atoms with Crippen LogP contribution >= 0.6 is 0 Å². The van der Waals surface area contributed by atoms with Crippen LogP contribution in [0.3, 0.4) is 0 Å². The zero-order chi connectivity index (χ0) is 12.3. The van der Waals surface area contributed by atoms with Crippen molar-refractivity contribution in [1.29, 1.82) is 0 Å². The highest BCUT2D eigenvalue weighted by Crippen LogP contribution is 2.29. The number of aryl methyl sites for hydroxylation is 1. The third-order valence-electron chi connectivity index (χ3n) is 4.14. The Hall–Kier alpha value is -0.780. The maximum atomic E-state index is 2.33. The second-order valence-corrected chi connectivity index (χ2v) is 6.64. The molecule has 0 unspecified atom stereocenters. The lowest BCUT2D eigenvalue weighted by Gasteiger charge is -2.19. The van der Waals surface area contributed by atoms with E-state index in [4.69, 9.17) is 0 Å². The van der Waals surface area contributed by atoms with Gasteiger partial charge in [-0.3, -0.25) is 0 Å². The lowest BCUT2D eigenvalue weighted by Crippen LogP contribution is -2.10. The first kappa shape index (κ1) is 12.7. The minimum Gasteiger partial charge on any atom is -0.0588 e. The van der Waals surface area contributed by atoms with Crippen LogP contribution < -0.4 is 0 Å². The average molecular weight is 230 g/mol. The minimum atomic E-state index is 0.282. The largest absolute Gasteiger partial charge is 0.0588 e. The Bertz CT molecular complexity index is 333. The molecule has 0 bridgehead atoms. The van der Waals surface area contributed by atoms with E-state index in [1.807, 2.05) is 0 Å². The molecular weight excluding hydrogens is 204 g/mol. The summed E-state index contributed by atoms with van der Waals surface area (Å²) in [5, 5.41) is 0. The molecule has 1 aliphatic carbocycles. The first-order valence-corrected chi connectivity index (χ1v) is 7.15. The topological polar surface area (TPSA) is 0 Å². The Morgan fingerprint density at radius 3 is 2.12 bits per heavy atom. The highest BCUT2D eigenvalue weighted by Gasteiger charge is 2.15. The van der Waals surface area contributed by atoms with Gasteiger partial charge in [-0.2, -0.15) is 0 Å². The smallest absolute Gasteiger partial charge is 0.0132 e. The minimum absolute atomic E-state index is 0.282. The molecule has 1 aromatic rings. The molecule has 0 amide bonds. The van der Waals surface area contributed by atoms with Crippen molar-refractivity contribution in [2.75, 3.05) is 0 Å². The monoisotopic (exact) mass is 230 g/mol.